The molecule has 0 fully saturated rings. The summed E-state index contributed by atoms with van der Waals surface area (Å²) in [6.45, 7) is 8.56. The first-order chi connectivity index (χ1) is 11.1. The Kier molecular flexibility index (Phi) is 16.6. The lowest BCUT2D eigenvalue weighted by Gasteiger charge is -2.13. The monoisotopic (exact) mass is 366 g/mol. The van der Waals surface area contributed by atoms with Crippen LogP contribution in [0.2, 0.25) is 0 Å². The molecule has 0 rings (SSSR count). The summed E-state index contributed by atoms with van der Waals surface area (Å²) in [6.07, 6.45) is 1.08. The Balaban J connectivity index is 0. The van der Waals surface area contributed by atoms with Gasteiger partial charge in [0.15, 0.2) is 0 Å². The molecule has 0 aliphatic rings. The Morgan fingerprint density at radius 3 is 1.75 bits per heavy atom. The molecule has 0 radical (unpaired) electrons. The van der Waals surface area contributed by atoms with E-state index in [-0.39, 0.29) is 17.9 Å². The number of nitrogens with zero attached hydrogens (tertiary/aromatic N) is 2. The predicted molar refractivity (Wildman–Crippen MR) is 97.5 cm³/mol. The molecule has 8 heteroatoms. The first-order valence-corrected chi connectivity index (χ1v) is 9.05. The third kappa shape index (κ3) is 16.0. The van der Waals surface area contributed by atoms with Gasteiger partial charge in [0.2, 0.25) is 11.8 Å². The van der Waals surface area contributed by atoms with Crippen LogP contribution >= 0.6 is 11.8 Å². The zero-order chi connectivity index (χ0) is 19.1. The van der Waals surface area contributed by atoms with Crippen molar-refractivity contribution in [2.75, 3.05) is 40.7 Å². The molecule has 0 aliphatic carbocycles. The summed E-state index contributed by atoms with van der Waals surface area (Å²) in [5.74, 6) is 0.827. The van der Waals surface area contributed by atoms with E-state index < -0.39 is 0 Å². The second-order valence-corrected chi connectivity index (χ2v) is 7.17. The molecule has 2 amide bonds. The maximum absolute atomic E-state index is 11.1. The van der Waals surface area contributed by atoms with E-state index in [1.165, 1.54) is 24.3 Å². The van der Waals surface area contributed by atoms with Gasteiger partial charge in [-0.3, -0.25) is 19.3 Å². The first kappa shape index (κ1) is 25.4. The molecule has 0 aromatic rings. The van der Waals surface area contributed by atoms with Crippen molar-refractivity contribution in [1.29, 1.82) is 0 Å². The molecule has 0 heterocycles. The summed E-state index contributed by atoms with van der Waals surface area (Å²) < 4.78 is 5.20. The summed E-state index contributed by atoms with van der Waals surface area (Å²) in [5.41, 5.74) is 0. The number of carbonyl (C=O) groups excluding carboxylic acids is 2. The molecule has 0 aromatic heterocycles. The van der Waals surface area contributed by atoms with Gasteiger partial charge in [-0.25, -0.2) is 10.1 Å². The van der Waals surface area contributed by atoms with Crippen LogP contribution in [0.25, 0.3) is 0 Å². The lowest BCUT2D eigenvalue weighted by atomic mass is 10.4. The number of ether oxygens (including phenoxy) is 1. The van der Waals surface area contributed by atoms with Gasteiger partial charge in [-0.05, 0) is 19.1 Å². The first-order valence-electron chi connectivity index (χ1n) is 8.00. The minimum absolute atomic E-state index is 0.0330. The minimum Gasteiger partial charge on any atom is -0.378 e. The van der Waals surface area contributed by atoms with Gasteiger partial charge in [0, 0.05) is 26.3 Å². The van der Waals surface area contributed by atoms with E-state index >= 15 is 0 Å². The highest BCUT2D eigenvalue weighted by Crippen LogP contribution is 2.10. The van der Waals surface area contributed by atoms with Crippen LogP contribution in [0, 0.1) is 0 Å². The molecule has 0 bridgehead atoms. The zero-order valence-corrected chi connectivity index (χ0v) is 17.1. The Morgan fingerprint density at radius 2 is 1.38 bits per heavy atom. The predicted octanol–water partition coefficient (Wildman–Crippen LogP) is 2.36. The smallest absolute Gasteiger partial charge is 0.248 e. The molecular formula is C16H34N2O5S. The van der Waals surface area contributed by atoms with Crippen molar-refractivity contribution in [2.45, 2.75) is 51.9 Å². The number of hydrogen-bond acceptors (Lipinski definition) is 6. The van der Waals surface area contributed by atoms with E-state index in [0.717, 1.165) is 5.75 Å². The summed E-state index contributed by atoms with van der Waals surface area (Å²) >= 11 is 1.78. The molecule has 0 N–H and O–H groups in total. The molecule has 24 heavy (non-hydrogen) atoms. The van der Waals surface area contributed by atoms with Crippen LogP contribution in [-0.4, -0.2) is 74.0 Å². The highest BCUT2D eigenvalue weighted by atomic mass is 32.2. The van der Waals surface area contributed by atoms with E-state index in [1.54, 1.807) is 25.9 Å². The number of hydrogen-bond donors (Lipinski definition) is 0. The summed E-state index contributed by atoms with van der Waals surface area (Å²) in [7, 11) is 6.16. The second kappa shape index (κ2) is 15.7. The van der Waals surface area contributed by atoms with Crippen molar-refractivity contribution >= 4 is 23.6 Å². The van der Waals surface area contributed by atoms with E-state index in [4.69, 9.17) is 14.4 Å². The number of rotatable bonds is 10. The molecule has 0 aromatic carbocycles. The Morgan fingerprint density at radius 1 is 0.917 bits per heavy atom. The SMILES string of the molecule is CON(C)C(=O)CCOC(C)C.CON(C)C(=O)CCSC(C)C. The van der Waals surface area contributed by atoms with Crippen molar-refractivity contribution in [2.24, 2.45) is 0 Å². The standard InChI is InChI=1S/C8H17NO3.C8H17NO2S/c2*1-7(2)12-6-5-8(10)9(3)11-4/h2*7H,5-6H2,1-4H3. The Bertz CT molecular complexity index is 308. The van der Waals surface area contributed by atoms with Crippen molar-refractivity contribution in [3.63, 3.8) is 0 Å². The average Bonchev–Trinajstić information content (AvgIpc) is 2.52. The maximum Gasteiger partial charge on any atom is 0.248 e. The molecule has 0 aliphatic heterocycles. The van der Waals surface area contributed by atoms with Gasteiger partial charge in [0.05, 0.1) is 33.4 Å². The van der Waals surface area contributed by atoms with Gasteiger partial charge in [0.25, 0.3) is 0 Å². The fraction of sp³-hybridized carbons (Fsp3) is 0.875. The highest BCUT2D eigenvalue weighted by Gasteiger charge is 2.08. The molecular weight excluding hydrogens is 332 g/mol. The number of hydroxylamine groups is 4. The Hall–Kier alpha value is -0.830. The fourth-order valence-corrected chi connectivity index (χ4v) is 2.05. The molecule has 144 valence electrons. The summed E-state index contributed by atoms with van der Waals surface area (Å²) in [6, 6.07) is 0. The van der Waals surface area contributed by atoms with Crippen LogP contribution in [-0.2, 0) is 24.0 Å². The maximum atomic E-state index is 11.1. The molecule has 0 atom stereocenters. The second-order valence-electron chi connectivity index (χ2n) is 5.49. The van der Waals surface area contributed by atoms with E-state index in [1.807, 2.05) is 13.8 Å². The number of thioether (sulfide) groups is 1. The quantitative estimate of drug-likeness (QED) is 0.553. The topological polar surface area (TPSA) is 68.3 Å². The van der Waals surface area contributed by atoms with Gasteiger partial charge in [0.1, 0.15) is 0 Å². The molecule has 7 nitrogen and oxygen atoms in total. The van der Waals surface area contributed by atoms with Gasteiger partial charge in [-0.2, -0.15) is 11.8 Å². The average molecular weight is 367 g/mol. The van der Waals surface area contributed by atoms with Crippen molar-refractivity contribution < 1.29 is 24.0 Å². The van der Waals surface area contributed by atoms with Crippen molar-refractivity contribution in [3.8, 4) is 0 Å². The fourth-order valence-electron chi connectivity index (χ4n) is 1.28. The van der Waals surface area contributed by atoms with Gasteiger partial charge < -0.3 is 4.74 Å². The molecule has 0 saturated heterocycles. The van der Waals surface area contributed by atoms with Gasteiger partial charge in [-0.15, -0.1) is 0 Å². The molecule has 0 saturated carbocycles. The minimum atomic E-state index is -0.0712. The van der Waals surface area contributed by atoms with Crippen molar-refractivity contribution in [1.82, 2.24) is 10.1 Å². The largest absolute Gasteiger partial charge is 0.378 e. The lowest BCUT2D eigenvalue weighted by molar-refractivity contribution is -0.170. The highest BCUT2D eigenvalue weighted by molar-refractivity contribution is 7.99. The van der Waals surface area contributed by atoms with Crippen LogP contribution in [0.3, 0.4) is 0 Å². The van der Waals surface area contributed by atoms with E-state index in [0.29, 0.717) is 24.7 Å². The van der Waals surface area contributed by atoms with Crippen LogP contribution < -0.4 is 0 Å². The third-order valence-corrected chi connectivity index (χ3v) is 3.89. The van der Waals surface area contributed by atoms with Crippen molar-refractivity contribution in [3.05, 3.63) is 0 Å². The molecule has 0 spiro atoms. The number of amides is 2. The van der Waals surface area contributed by atoms with E-state index in [9.17, 15) is 9.59 Å². The van der Waals surface area contributed by atoms with E-state index in [2.05, 4.69) is 13.8 Å². The van der Waals surface area contributed by atoms with Gasteiger partial charge in [-0.1, -0.05) is 13.8 Å². The number of carbonyl (C=O) groups is 2. The zero-order valence-electron chi connectivity index (χ0n) is 16.3. The van der Waals surface area contributed by atoms with Crippen LogP contribution in [0.15, 0.2) is 0 Å². The summed E-state index contributed by atoms with van der Waals surface area (Å²) in [4.78, 5) is 31.7. The van der Waals surface area contributed by atoms with Crippen LogP contribution in [0.1, 0.15) is 40.5 Å². The van der Waals surface area contributed by atoms with Crippen LogP contribution in [0.5, 0.6) is 0 Å². The van der Waals surface area contributed by atoms with Crippen LogP contribution in [0.4, 0.5) is 0 Å². The summed E-state index contributed by atoms with van der Waals surface area (Å²) in [5, 5.41) is 3.05. The normalized spacial score (nSPS) is 10.4. The molecule has 0 unspecified atom stereocenters. The van der Waals surface area contributed by atoms with Gasteiger partial charge >= 0.3 is 0 Å². The third-order valence-electron chi connectivity index (χ3n) is 2.78. The lowest BCUT2D eigenvalue weighted by Crippen LogP contribution is -2.26. The Labute approximate surface area is 150 Å².